The van der Waals surface area contributed by atoms with Crippen molar-refractivity contribution >= 4 is 23.3 Å². The number of nitrogens with one attached hydrogen (secondary N) is 1. The number of aryl methyl sites for hydroxylation is 1. The Kier molecular flexibility index (Phi) is 3.84. The van der Waals surface area contributed by atoms with Crippen LogP contribution in [-0.2, 0) is 0 Å². The summed E-state index contributed by atoms with van der Waals surface area (Å²) in [6.45, 7) is 2.59. The summed E-state index contributed by atoms with van der Waals surface area (Å²) in [4.78, 5) is 14.2. The monoisotopic (exact) mass is 305 g/mol. The van der Waals surface area contributed by atoms with E-state index in [1.54, 1.807) is 29.2 Å². The first kappa shape index (κ1) is 13.9. The molecule has 1 aliphatic rings. The average molecular weight is 306 g/mol. The highest BCUT2D eigenvalue weighted by Gasteiger charge is 2.32. The molecular formula is C15H16ClN3O2. The summed E-state index contributed by atoms with van der Waals surface area (Å²) in [5, 5.41) is 7.43. The van der Waals surface area contributed by atoms with Crippen LogP contribution in [0.2, 0.25) is 5.02 Å². The van der Waals surface area contributed by atoms with E-state index in [2.05, 4.69) is 10.5 Å². The number of hydrogen-bond acceptors (Lipinski definition) is 3. The summed E-state index contributed by atoms with van der Waals surface area (Å²) < 4.78 is 5.31. The number of carbonyl (C=O) groups excluding carboxylic acids is 1. The fourth-order valence-electron chi connectivity index (χ4n) is 2.57. The number of amides is 2. The van der Waals surface area contributed by atoms with Gasteiger partial charge in [-0.1, -0.05) is 16.8 Å². The molecule has 0 aliphatic carbocycles. The lowest BCUT2D eigenvalue weighted by atomic mass is 10.1. The summed E-state index contributed by atoms with van der Waals surface area (Å²) >= 11 is 5.84. The predicted octanol–water partition coefficient (Wildman–Crippen LogP) is 4.01. The number of rotatable bonds is 2. The molecule has 2 heterocycles. The highest BCUT2D eigenvalue weighted by atomic mass is 35.5. The molecule has 0 spiro atoms. The van der Waals surface area contributed by atoms with Crippen LogP contribution in [0.15, 0.2) is 34.9 Å². The summed E-state index contributed by atoms with van der Waals surface area (Å²) in [6, 6.07) is 8.77. The summed E-state index contributed by atoms with van der Waals surface area (Å²) in [5.41, 5.74) is 1.55. The van der Waals surface area contributed by atoms with Crippen LogP contribution in [0.5, 0.6) is 0 Å². The van der Waals surface area contributed by atoms with Gasteiger partial charge in [-0.25, -0.2) is 4.79 Å². The second-order valence-corrected chi connectivity index (χ2v) is 5.60. The molecule has 1 saturated heterocycles. The fourth-order valence-corrected chi connectivity index (χ4v) is 2.70. The molecule has 2 amide bonds. The van der Waals surface area contributed by atoms with Gasteiger partial charge >= 0.3 is 6.03 Å². The minimum absolute atomic E-state index is 0.0431. The van der Waals surface area contributed by atoms with Crippen molar-refractivity contribution in [1.82, 2.24) is 10.1 Å². The normalized spacial score (nSPS) is 18.0. The zero-order chi connectivity index (χ0) is 14.8. The van der Waals surface area contributed by atoms with Gasteiger partial charge in [0, 0.05) is 23.3 Å². The van der Waals surface area contributed by atoms with Crippen LogP contribution < -0.4 is 5.32 Å². The first-order chi connectivity index (χ1) is 10.1. The van der Waals surface area contributed by atoms with Gasteiger partial charge in [0.25, 0.3) is 0 Å². The zero-order valence-corrected chi connectivity index (χ0v) is 12.4. The molecule has 0 saturated carbocycles. The summed E-state index contributed by atoms with van der Waals surface area (Å²) in [7, 11) is 0. The number of halogens is 1. The van der Waals surface area contributed by atoms with Crippen LogP contribution in [0.3, 0.4) is 0 Å². The Balaban J connectivity index is 1.72. The lowest BCUT2D eigenvalue weighted by Crippen LogP contribution is -2.34. The minimum atomic E-state index is -0.131. The number of urea groups is 1. The van der Waals surface area contributed by atoms with Crippen molar-refractivity contribution in [2.24, 2.45) is 0 Å². The number of anilines is 1. The molecule has 6 heteroatoms. The third kappa shape index (κ3) is 3.03. The van der Waals surface area contributed by atoms with E-state index < -0.39 is 0 Å². The lowest BCUT2D eigenvalue weighted by molar-refractivity contribution is 0.195. The zero-order valence-electron chi connectivity index (χ0n) is 11.7. The van der Waals surface area contributed by atoms with Gasteiger partial charge in [0.05, 0.1) is 11.7 Å². The van der Waals surface area contributed by atoms with Gasteiger partial charge in [0.2, 0.25) is 0 Å². The van der Waals surface area contributed by atoms with Gasteiger partial charge in [-0.05, 0) is 44.0 Å². The van der Waals surface area contributed by atoms with Crippen LogP contribution in [0, 0.1) is 6.92 Å². The maximum atomic E-state index is 12.4. The fraction of sp³-hybridized carbons (Fsp3) is 0.333. The van der Waals surface area contributed by atoms with Crippen LogP contribution in [-0.4, -0.2) is 22.6 Å². The van der Waals surface area contributed by atoms with E-state index in [9.17, 15) is 4.79 Å². The molecule has 0 bridgehead atoms. The number of hydrogen-bond donors (Lipinski definition) is 1. The Morgan fingerprint density at radius 3 is 2.86 bits per heavy atom. The third-order valence-corrected chi connectivity index (χ3v) is 3.84. The van der Waals surface area contributed by atoms with E-state index in [1.807, 2.05) is 13.0 Å². The molecule has 110 valence electrons. The third-order valence-electron chi connectivity index (χ3n) is 3.58. The second-order valence-electron chi connectivity index (χ2n) is 5.16. The molecule has 0 radical (unpaired) electrons. The number of aromatic nitrogens is 1. The van der Waals surface area contributed by atoms with Crippen molar-refractivity contribution in [2.45, 2.75) is 25.8 Å². The molecule has 3 rings (SSSR count). The second kappa shape index (κ2) is 5.77. The predicted molar refractivity (Wildman–Crippen MR) is 80.4 cm³/mol. The molecular weight excluding hydrogens is 290 g/mol. The Bertz CT molecular complexity index is 639. The first-order valence-electron chi connectivity index (χ1n) is 6.90. The molecule has 1 fully saturated rings. The van der Waals surface area contributed by atoms with Crippen molar-refractivity contribution in [3.05, 3.63) is 46.8 Å². The minimum Gasteiger partial charge on any atom is -0.359 e. The molecule has 1 aliphatic heterocycles. The highest BCUT2D eigenvalue weighted by molar-refractivity contribution is 6.30. The van der Waals surface area contributed by atoms with Crippen LogP contribution in [0.4, 0.5) is 10.5 Å². The maximum absolute atomic E-state index is 12.4. The van der Waals surface area contributed by atoms with Crippen molar-refractivity contribution in [2.75, 3.05) is 11.9 Å². The van der Waals surface area contributed by atoms with E-state index >= 15 is 0 Å². The Morgan fingerprint density at radius 2 is 2.19 bits per heavy atom. The average Bonchev–Trinajstić information content (AvgIpc) is 3.09. The molecule has 1 aromatic heterocycles. The van der Waals surface area contributed by atoms with Crippen LogP contribution in [0.1, 0.15) is 30.3 Å². The van der Waals surface area contributed by atoms with Gasteiger partial charge in [-0.15, -0.1) is 0 Å². The quantitative estimate of drug-likeness (QED) is 0.912. The van der Waals surface area contributed by atoms with Gasteiger partial charge in [-0.2, -0.15) is 0 Å². The smallest absolute Gasteiger partial charge is 0.322 e. The van der Waals surface area contributed by atoms with Crippen molar-refractivity contribution in [1.29, 1.82) is 0 Å². The first-order valence-corrected chi connectivity index (χ1v) is 7.28. The van der Waals surface area contributed by atoms with E-state index in [-0.39, 0.29) is 12.1 Å². The van der Waals surface area contributed by atoms with Crippen molar-refractivity contribution in [3.8, 4) is 0 Å². The standard InChI is InChI=1S/C15H16ClN3O2/c1-10-9-14(21-18-10)13-3-2-8-19(13)15(20)17-12-6-4-11(16)5-7-12/h4-7,9,13H,2-3,8H2,1H3,(H,17,20). The lowest BCUT2D eigenvalue weighted by Gasteiger charge is -2.23. The van der Waals surface area contributed by atoms with Gasteiger partial charge < -0.3 is 14.7 Å². The molecule has 2 aromatic rings. The SMILES string of the molecule is Cc1cc(C2CCCN2C(=O)Nc2ccc(Cl)cc2)on1. The number of carbonyl (C=O) groups is 1. The van der Waals surface area contributed by atoms with E-state index in [1.165, 1.54) is 0 Å². The molecule has 21 heavy (non-hydrogen) atoms. The van der Waals surface area contributed by atoms with Gasteiger partial charge in [0.15, 0.2) is 5.76 Å². The molecule has 1 N–H and O–H groups in total. The number of benzene rings is 1. The molecule has 1 aromatic carbocycles. The molecule has 1 unspecified atom stereocenters. The number of likely N-dealkylation sites (tertiary alicyclic amines) is 1. The summed E-state index contributed by atoms with van der Waals surface area (Å²) in [5.74, 6) is 0.747. The van der Waals surface area contributed by atoms with E-state index in [4.69, 9.17) is 16.1 Å². The van der Waals surface area contributed by atoms with E-state index in [0.717, 1.165) is 30.0 Å². The number of nitrogens with zero attached hydrogens (tertiary/aromatic N) is 2. The topological polar surface area (TPSA) is 58.4 Å². The largest absolute Gasteiger partial charge is 0.359 e. The Hall–Kier alpha value is -2.01. The van der Waals surface area contributed by atoms with E-state index in [0.29, 0.717) is 11.6 Å². The Morgan fingerprint density at radius 1 is 1.43 bits per heavy atom. The Labute approximate surface area is 127 Å². The maximum Gasteiger partial charge on any atom is 0.322 e. The molecule has 1 atom stereocenters. The summed E-state index contributed by atoms with van der Waals surface area (Å²) in [6.07, 6.45) is 1.85. The van der Waals surface area contributed by atoms with Crippen molar-refractivity contribution < 1.29 is 9.32 Å². The van der Waals surface area contributed by atoms with Crippen LogP contribution in [0.25, 0.3) is 0 Å². The van der Waals surface area contributed by atoms with Crippen molar-refractivity contribution in [3.63, 3.8) is 0 Å². The molecule has 5 nitrogen and oxygen atoms in total. The van der Waals surface area contributed by atoms with Crippen LogP contribution >= 0.6 is 11.6 Å². The van der Waals surface area contributed by atoms with Gasteiger partial charge in [0.1, 0.15) is 0 Å². The highest BCUT2D eigenvalue weighted by Crippen LogP contribution is 2.32. The van der Waals surface area contributed by atoms with Gasteiger partial charge in [-0.3, -0.25) is 0 Å².